The molecule has 0 saturated carbocycles. The maximum atomic E-state index is 11.5. The van der Waals surface area contributed by atoms with E-state index in [2.05, 4.69) is 36.7 Å². The van der Waals surface area contributed by atoms with Gasteiger partial charge in [0, 0.05) is 20.8 Å². The number of hydrogen-bond acceptors (Lipinski definition) is 9. The first-order chi connectivity index (χ1) is 15.9. The molecule has 0 saturated heterocycles. The highest BCUT2D eigenvalue weighted by atomic mass is 16.5. The number of carbonyl (C=O) groups is 6. The molecule has 0 aromatic rings. The first kappa shape index (κ1) is 39.5. The topological polar surface area (TPSA) is 166 Å². The Kier molecular flexibility index (Phi) is 25.3. The smallest absolute Gasteiger partial charge is 0.328 e. The zero-order valence-electron chi connectivity index (χ0n) is 20.5. The fourth-order valence-electron chi connectivity index (χ4n) is 2.44. The Bertz CT molecular complexity index is 711. The minimum atomic E-state index is -0.795. The molecule has 0 unspecified atom stereocenters. The summed E-state index contributed by atoms with van der Waals surface area (Å²) >= 11 is 0. The number of methoxy groups -OCH3 is 3. The van der Waals surface area contributed by atoms with E-state index in [-0.39, 0.29) is 45.4 Å². The van der Waals surface area contributed by atoms with Crippen molar-refractivity contribution < 1.29 is 43.0 Å². The summed E-state index contributed by atoms with van der Waals surface area (Å²) in [5, 5.41) is 7.36. The molecule has 3 amide bonds. The maximum absolute atomic E-state index is 11.5. The number of carbonyl (C=O) groups excluding carboxylic acids is 6. The quantitative estimate of drug-likeness (QED) is 0.196. The Labute approximate surface area is 214 Å². The van der Waals surface area contributed by atoms with Crippen molar-refractivity contribution >= 4 is 35.6 Å². The second kappa shape index (κ2) is 23.1. The van der Waals surface area contributed by atoms with Gasteiger partial charge in [-0.3, -0.25) is 14.4 Å². The van der Waals surface area contributed by atoms with Crippen molar-refractivity contribution in [1.82, 2.24) is 16.0 Å². The van der Waals surface area contributed by atoms with E-state index in [0.717, 1.165) is 0 Å². The number of nitrogens with one attached hydrogen (secondary N) is 3. The number of rotatable bonds is 12. The molecule has 0 aromatic carbocycles. The lowest BCUT2D eigenvalue weighted by Gasteiger charge is -2.14. The molecule has 0 fully saturated rings. The van der Waals surface area contributed by atoms with E-state index in [0.29, 0.717) is 6.42 Å². The van der Waals surface area contributed by atoms with Gasteiger partial charge in [0.2, 0.25) is 17.7 Å². The van der Waals surface area contributed by atoms with Crippen LogP contribution in [0.3, 0.4) is 0 Å². The van der Waals surface area contributed by atoms with E-state index in [1.54, 1.807) is 18.2 Å². The summed E-state index contributed by atoms with van der Waals surface area (Å²) < 4.78 is 13.6. The van der Waals surface area contributed by atoms with Crippen LogP contribution in [0.5, 0.6) is 0 Å². The molecule has 12 heteroatoms. The van der Waals surface area contributed by atoms with Gasteiger partial charge in [0.25, 0.3) is 0 Å². The highest BCUT2D eigenvalue weighted by Gasteiger charge is 2.20. The van der Waals surface area contributed by atoms with E-state index in [1.165, 1.54) is 42.1 Å². The molecule has 0 rings (SSSR count). The SMILES string of the molecule is C.C.C=CC[C@H](NC(C)=O)C(=O)OC.COC(=O)[C@H](CC=CC[C@H](NC(C)=O)C(=O)OC)NC(C)=O. The van der Waals surface area contributed by atoms with Crippen LogP contribution in [0.25, 0.3) is 0 Å². The van der Waals surface area contributed by atoms with Gasteiger partial charge in [-0.2, -0.15) is 0 Å². The van der Waals surface area contributed by atoms with E-state index in [9.17, 15) is 28.8 Å². The van der Waals surface area contributed by atoms with Crippen molar-refractivity contribution in [3.63, 3.8) is 0 Å². The van der Waals surface area contributed by atoms with Gasteiger partial charge >= 0.3 is 17.9 Å². The highest BCUT2D eigenvalue weighted by molar-refractivity contribution is 5.84. The number of ether oxygens (including phenoxy) is 3. The molecular weight excluding hydrogens is 474 g/mol. The van der Waals surface area contributed by atoms with Gasteiger partial charge in [-0.05, 0) is 19.3 Å². The Hall–Kier alpha value is -3.70. The molecule has 0 aliphatic heterocycles. The maximum Gasteiger partial charge on any atom is 0.328 e. The van der Waals surface area contributed by atoms with E-state index in [1.807, 2.05) is 0 Å². The molecule has 3 atom stereocenters. The second-order valence-electron chi connectivity index (χ2n) is 6.80. The Morgan fingerprint density at radius 3 is 1.06 bits per heavy atom. The summed E-state index contributed by atoms with van der Waals surface area (Å²) in [7, 11) is 3.73. The van der Waals surface area contributed by atoms with Crippen LogP contribution in [-0.4, -0.2) is 75.1 Å². The van der Waals surface area contributed by atoms with Gasteiger partial charge in [-0.25, -0.2) is 14.4 Å². The average molecular weight is 518 g/mol. The largest absolute Gasteiger partial charge is 0.467 e. The Balaban J connectivity index is -0.000000313. The minimum absolute atomic E-state index is 0. The van der Waals surface area contributed by atoms with Crippen LogP contribution in [0, 0.1) is 0 Å². The summed E-state index contributed by atoms with van der Waals surface area (Å²) in [5.41, 5.74) is 0. The van der Waals surface area contributed by atoms with E-state index in [4.69, 9.17) is 0 Å². The minimum Gasteiger partial charge on any atom is -0.467 e. The fourth-order valence-corrected chi connectivity index (χ4v) is 2.44. The lowest BCUT2D eigenvalue weighted by molar-refractivity contribution is -0.145. The van der Waals surface area contributed by atoms with Gasteiger partial charge in [-0.1, -0.05) is 33.1 Å². The van der Waals surface area contributed by atoms with E-state index >= 15 is 0 Å². The first-order valence-electron chi connectivity index (χ1n) is 10.2. The molecule has 3 N–H and O–H groups in total. The fraction of sp³-hybridized carbons (Fsp3) is 0.583. The summed E-state index contributed by atoms with van der Waals surface area (Å²) in [6.45, 7) is 7.40. The molecular formula is C24H43N3O9. The third-order valence-corrected chi connectivity index (χ3v) is 3.90. The van der Waals surface area contributed by atoms with Crippen LogP contribution in [0.4, 0.5) is 0 Å². The Morgan fingerprint density at radius 1 is 0.611 bits per heavy atom. The number of amides is 3. The zero-order chi connectivity index (χ0) is 26.7. The lowest BCUT2D eigenvalue weighted by Crippen LogP contribution is -2.40. The summed E-state index contributed by atoms with van der Waals surface area (Å²) in [4.78, 5) is 66.5. The molecule has 0 radical (unpaired) electrons. The van der Waals surface area contributed by atoms with Crippen molar-refractivity contribution in [1.29, 1.82) is 0 Å². The van der Waals surface area contributed by atoms with Gasteiger partial charge in [0.15, 0.2) is 0 Å². The normalized spacial score (nSPS) is 11.8. The third-order valence-electron chi connectivity index (χ3n) is 3.90. The molecule has 0 aliphatic rings. The molecule has 36 heavy (non-hydrogen) atoms. The first-order valence-corrected chi connectivity index (χ1v) is 10.2. The van der Waals surface area contributed by atoms with Gasteiger partial charge < -0.3 is 30.2 Å². The van der Waals surface area contributed by atoms with Crippen LogP contribution >= 0.6 is 0 Å². The zero-order valence-corrected chi connectivity index (χ0v) is 20.5. The van der Waals surface area contributed by atoms with Crippen LogP contribution < -0.4 is 16.0 Å². The predicted molar refractivity (Wildman–Crippen MR) is 136 cm³/mol. The van der Waals surface area contributed by atoms with Crippen LogP contribution in [0.15, 0.2) is 24.8 Å². The van der Waals surface area contributed by atoms with Gasteiger partial charge in [0.05, 0.1) is 21.3 Å². The summed E-state index contributed by atoms with van der Waals surface area (Å²) in [6.07, 6.45) is 5.59. The average Bonchev–Trinajstić information content (AvgIpc) is 2.77. The van der Waals surface area contributed by atoms with Crippen LogP contribution in [0.2, 0.25) is 0 Å². The van der Waals surface area contributed by atoms with Crippen LogP contribution in [0.1, 0.15) is 54.9 Å². The van der Waals surface area contributed by atoms with Crippen molar-refractivity contribution in [2.75, 3.05) is 21.3 Å². The van der Waals surface area contributed by atoms with Crippen molar-refractivity contribution in [2.45, 2.75) is 73.0 Å². The summed E-state index contributed by atoms with van der Waals surface area (Å²) in [6, 6.07) is -2.20. The Morgan fingerprint density at radius 2 is 0.861 bits per heavy atom. The highest BCUT2D eigenvalue weighted by Crippen LogP contribution is 2.02. The molecule has 12 nitrogen and oxygen atoms in total. The van der Waals surface area contributed by atoms with Crippen molar-refractivity contribution in [3.8, 4) is 0 Å². The molecule has 0 aliphatic carbocycles. The monoisotopic (exact) mass is 517 g/mol. The summed E-state index contributed by atoms with van der Waals surface area (Å²) in [5.74, 6) is -2.54. The van der Waals surface area contributed by atoms with Gasteiger partial charge in [0.1, 0.15) is 18.1 Å². The van der Waals surface area contributed by atoms with Crippen molar-refractivity contribution in [3.05, 3.63) is 24.8 Å². The van der Waals surface area contributed by atoms with E-state index < -0.39 is 36.0 Å². The third kappa shape index (κ3) is 19.7. The molecule has 208 valence electrons. The van der Waals surface area contributed by atoms with Crippen LogP contribution in [-0.2, 0) is 43.0 Å². The lowest BCUT2D eigenvalue weighted by atomic mass is 10.1. The van der Waals surface area contributed by atoms with Crippen molar-refractivity contribution in [2.24, 2.45) is 0 Å². The molecule has 0 bridgehead atoms. The standard InChI is InChI=1S/C14H22N2O6.C8H13NO3.2CH4/c1-9(17)15-11(13(19)21-3)7-5-6-8-12(14(20)22-4)16-10(2)18;1-4-5-7(8(11)12-3)9-6(2)10;;/h5-6,11-12H,7-8H2,1-4H3,(H,15,17)(H,16,18);4,7H,1,5H2,2-3H3,(H,9,10);2*1H4/t11-,12-;7-;;/m00../s1. The number of hydrogen-bond donors (Lipinski definition) is 3. The predicted octanol–water partition coefficient (Wildman–Crippen LogP) is 1.19. The second-order valence-corrected chi connectivity index (χ2v) is 6.80. The molecule has 0 heterocycles. The molecule has 0 aromatic heterocycles. The molecule has 0 spiro atoms. The van der Waals surface area contributed by atoms with Gasteiger partial charge in [-0.15, -0.1) is 6.58 Å². The number of esters is 3.